The zero-order chi connectivity index (χ0) is 12.3. The third-order valence-electron chi connectivity index (χ3n) is 2.36. The van der Waals surface area contributed by atoms with Crippen molar-refractivity contribution >= 4 is 28.4 Å². The van der Waals surface area contributed by atoms with E-state index in [0.717, 1.165) is 14.9 Å². The minimum absolute atomic E-state index is 0.519. The molecule has 0 aliphatic heterocycles. The maximum atomic E-state index is 5.75. The van der Waals surface area contributed by atoms with E-state index in [4.69, 9.17) is 10.5 Å². The van der Waals surface area contributed by atoms with E-state index in [-0.39, 0.29) is 0 Å². The van der Waals surface area contributed by atoms with Crippen LogP contribution >= 0.6 is 22.6 Å². The number of para-hydroxylation sites is 1. The van der Waals surface area contributed by atoms with Crippen molar-refractivity contribution in [1.82, 2.24) is 9.97 Å². The van der Waals surface area contributed by atoms with Gasteiger partial charge in [-0.05, 0) is 28.7 Å². The van der Waals surface area contributed by atoms with E-state index >= 15 is 0 Å². The molecule has 1 aromatic carbocycles. The highest BCUT2D eigenvalue weighted by atomic mass is 127. The van der Waals surface area contributed by atoms with E-state index < -0.39 is 0 Å². The molecular weight excluding hydrogens is 329 g/mol. The second-order valence-corrected chi connectivity index (χ2v) is 4.67. The molecule has 88 valence electrons. The molecule has 0 spiro atoms. The first-order valence-corrected chi connectivity index (χ1v) is 6.17. The first-order valence-electron chi connectivity index (χ1n) is 5.09. The fourth-order valence-electron chi connectivity index (χ4n) is 1.52. The van der Waals surface area contributed by atoms with E-state index in [0.29, 0.717) is 18.1 Å². The molecule has 0 amide bonds. The summed E-state index contributed by atoms with van der Waals surface area (Å²) in [6.45, 7) is 0. The van der Waals surface area contributed by atoms with Gasteiger partial charge >= 0.3 is 0 Å². The van der Waals surface area contributed by atoms with Gasteiger partial charge in [-0.15, -0.1) is 0 Å². The molecule has 2 N–H and O–H groups in total. The summed E-state index contributed by atoms with van der Waals surface area (Å²) in [6, 6.07) is 7.82. The van der Waals surface area contributed by atoms with Gasteiger partial charge in [-0.25, -0.2) is 9.97 Å². The van der Waals surface area contributed by atoms with Gasteiger partial charge in [-0.2, -0.15) is 0 Å². The van der Waals surface area contributed by atoms with Crippen molar-refractivity contribution in [2.75, 3.05) is 12.8 Å². The number of anilines is 1. The molecule has 0 unspecified atom stereocenters. The lowest BCUT2D eigenvalue weighted by Gasteiger charge is -2.07. The minimum atomic E-state index is 0.519. The lowest BCUT2D eigenvalue weighted by Crippen LogP contribution is -2.03. The van der Waals surface area contributed by atoms with Crippen LogP contribution in [0.2, 0.25) is 0 Å². The highest BCUT2D eigenvalue weighted by molar-refractivity contribution is 14.1. The standard InChI is InChI=1S/C12H12IN3O/c1-17-10-5-3-2-4-8(10)6-11-15-7-9(13)12(14)16-11/h2-5,7H,6H2,1H3,(H2,14,15,16). The van der Waals surface area contributed by atoms with Crippen molar-refractivity contribution in [2.24, 2.45) is 0 Å². The van der Waals surface area contributed by atoms with E-state index in [1.807, 2.05) is 24.3 Å². The van der Waals surface area contributed by atoms with Gasteiger partial charge in [0.15, 0.2) is 0 Å². The monoisotopic (exact) mass is 341 g/mol. The van der Waals surface area contributed by atoms with Crippen LogP contribution < -0.4 is 10.5 Å². The first kappa shape index (κ1) is 12.1. The maximum Gasteiger partial charge on any atom is 0.140 e. The molecule has 0 radical (unpaired) electrons. The van der Waals surface area contributed by atoms with Gasteiger partial charge in [0, 0.05) is 18.2 Å². The molecule has 0 aliphatic carbocycles. The second-order valence-electron chi connectivity index (χ2n) is 3.51. The van der Waals surface area contributed by atoms with E-state index in [2.05, 4.69) is 32.6 Å². The van der Waals surface area contributed by atoms with Crippen molar-refractivity contribution < 1.29 is 4.74 Å². The predicted octanol–water partition coefficient (Wildman–Crippen LogP) is 2.26. The first-order chi connectivity index (χ1) is 8.20. The van der Waals surface area contributed by atoms with Gasteiger partial charge < -0.3 is 10.5 Å². The topological polar surface area (TPSA) is 61.0 Å². The van der Waals surface area contributed by atoms with Gasteiger partial charge in [0.05, 0.1) is 10.7 Å². The molecule has 2 rings (SSSR count). The molecule has 0 aliphatic rings. The van der Waals surface area contributed by atoms with Crippen molar-refractivity contribution in [1.29, 1.82) is 0 Å². The third kappa shape index (κ3) is 2.85. The molecule has 0 atom stereocenters. The smallest absolute Gasteiger partial charge is 0.140 e. The molecule has 2 aromatic rings. The summed E-state index contributed by atoms with van der Waals surface area (Å²) >= 11 is 2.11. The Morgan fingerprint density at radius 2 is 2.12 bits per heavy atom. The van der Waals surface area contributed by atoms with Crippen LogP contribution in [0.25, 0.3) is 0 Å². The summed E-state index contributed by atoms with van der Waals surface area (Å²) in [4.78, 5) is 8.50. The highest BCUT2D eigenvalue weighted by Gasteiger charge is 2.06. The van der Waals surface area contributed by atoms with Crippen LogP contribution in [0.15, 0.2) is 30.5 Å². The van der Waals surface area contributed by atoms with Gasteiger partial charge in [0.2, 0.25) is 0 Å². The Morgan fingerprint density at radius 1 is 1.35 bits per heavy atom. The summed E-state index contributed by atoms with van der Waals surface area (Å²) in [5.74, 6) is 2.06. The van der Waals surface area contributed by atoms with Crippen molar-refractivity contribution in [3.63, 3.8) is 0 Å². The number of nitrogen functional groups attached to an aromatic ring is 1. The van der Waals surface area contributed by atoms with E-state index in [9.17, 15) is 0 Å². The van der Waals surface area contributed by atoms with Crippen LogP contribution in [-0.4, -0.2) is 17.1 Å². The Hall–Kier alpha value is -1.37. The van der Waals surface area contributed by atoms with E-state index in [1.54, 1.807) is 13.3 Å². The molecule has 0 fully saturated rings. The van der Waals surface area contributed by atoms with Crippen molar-refractivity contribution in [3.05, 3.63) is 45.4 Å². The fraction of sp³-hybridized carbons (Fsp3) is 0.167. The largest absolute Gasteiger partial charge is 0.496 e. The van der Waals surface area contributed by atoms with Gasteiger partial charge in [0.1, 0.15) is 17.4 Å². The fourth-order valence-corrected chi connectivity index (χ4v) is 1.78. The summed E-state index contributed by atoms with van der Waals surface area (Å²) < 4.78 is 6.15. The summed E-state index contributed by atoms with van der Waals surface area (Å²) in [5, 5.41) is 0. The maximum absolute atomic E-state index is 5.75. The molecule has 17 heavy (non-hydrogen) atoms. The predicted molar refractivity (Wildman–Crippen MR) is 75.0 cm³/mol. The number of methoxy groups -OCH3 is 1. The van der Waals surface area contributed by atoms with Crippen LogP contribution in [0.5, 0.6) is 5.75 Å². The molecule has 1 aromatic heterocycles. The van der Waals surface area contributed by atoms with Crippen molar-refractivity contribution in [2.45, 2.75) is 6.42 Å². The third-order valence-corrected chi connectivity index (χ3v) is 3.19. The summed E-state index contributed by atoms with van der Waals surface area (Å²) in [5.41, 5.74) is 6.81. The number of nitrogens with zero attached hydrogens (tertiary/aromatic N) is 2. The highest BCUT2D eigenvalue weighted by Crippen LogP contribution is 2.20. The molecule has 4 nitrogen and oxygen atoms in total. The second kappa shape index (κ2) is 5.31. The minimum Gasteiger partial charge on any atom is -0.496 e. The van der Waals surface area contributed by atoms with Crippen LogP contribution in [0.1, 0.15) is 11.4 Å². The molecule has 0 saturated carbocycles. The Labute approximate surface area is 113 Å². The molecular formula is C12H12IN3O. The zero-order valence-electron chi connectivity index (χ0n) is 9.35. The number of rotatable bonds is 3. The van der Waals surface area contributed by atoms with Crippen LogP contribution in [0, 0.1) is 3.57 Å². The SMILES string of the molecule is COc1ccccc1Cc1ncc(I)c(N)n1. The van der Waals surface area contributed by atoms with Crippen LogP contribution in [0.4, 0.5) is 5.82 Å². The molecule has 1 heterocycles. The average Bonchev–Trinajstić information content (AvgIpc) is 2.34. The Morgan fingerprint density at radius 3 is 2.82 bits per heavy atom. The molecule has 0 bridgehead atoms. The van der Waals surface area contributed by atoms with Crippen LogP contribution in [-0.2, 0) is 6.42 Å². The molecule has 5 heteroatoms. The number of hydrogen-bond donors (Lipinski definition) is 1. The lowest BCUT2D eigenvalue weighted by molar-refractivity contribution is 0.410. The number of benzene rings is 1. The number of aromatic nitrogens is 2. The number of nitrogens with two attached hydrogens (primary N) is 1. The molecule has 0 saturated heterocycles. The van der Waals surface area contributed by atoms with E-state index in [1.165, 1.54) is 0 Å². The lowest BCUT2D eigenvalue weighted by atomic mass is 10.1. The van der Waals surface area contributed by atoms with Gasteiger partial charge in [-0.3, -0.25) is 0 Å². The number of ether oxygens (including phenoxy) is 1. The van der Waals surface area contributed by atoms with Crippen LogP contribution in [0.3, 0.4) is 0 Å². The quantitative estimate of drug-likeness (QED) is 0.870. The Kier molecular flexibility index (Phi) is 3.78. The van der Waals surface area contributed by atoms with Crippen molar-refractivity contribution in [3.8, 4) is 5.75 Å². The van der Waals surface area contributed by atoms with Gasteiger partial charge in [0.25, 0.3) is 0 Å². The summed E-state index contributed by atoms with van der Waals surface area (Å²) in [6.07, 6.45) is 2.35. The van der Waals surface area contributed by atoms with Gasteiger partial charge in [-0.1, -0.05) is 18.2 Å². The number of halogens is 1. The zero-order valence-corrected chi connectivity index (χ0v) is 11.5. The Bertz CT molecular complexity index is 531. The average molecular weight is 341 g/mol. The Balaban J connectivity index is 2.28. The number of hydrogen-bond acceptors (Lipinski definition) is 4. The normalized spacial score (nSPS) is 10.2. The summed E-state index contributed by atoms with van der Waals surface area (Å²) in [7, 11) is 1.65.